The van der Waals surface area contributed by atoms with Crippen molar-refractivity contribution in [3.63, 3.8) is 0 Å². The zero-order valence-corrected chi connectivity index (χ0v) is 19.9. The number of morpholine rings is 1. The van der Waals surface area contributed by atoms with Gasteiger partial charge < -0.3 is 15.0 Å². The smallest absolute Gasteiger partial charge is 0.254 e. The van der Waals surface area contributed by atoms with Crippen LogP contribution in [-0.2, 0) is 19.6 Å². The molecular weight excluding hydrogens is 418 g/mol. The molecule has 2 amide bonds. The minimum absolute atomic E-state index is 0.00929. The fraction of sp³-hybridized carbons (Fsp3) is 0.636. The number of sulfonamides is 1. The average molecular weight is 454 g/mol. The Morgan fingerprint density at radius 1 is 1.06 bits per heavy atom. The largest absolute Gasteiger partial charge is 0.372 e. The third-order valence-corrected chi connectivity index (χ3v) is 7.25. The van der Waals surface area contributed by atoms with Crippen molar-refractivity contribution in [2.45, 2.75) is 70.8 Å². The quantitative estimate of drug-likeness (QED) is 0.589. The van der Waals surface area contributed by atoms with Gasteiger partial charge in [-0.25, -0.2) is 13.1 Å². The summed E-state index contributed by atoms with van der Waals surface area (Å²) in [6, 6.07) is 6.86. The molecule has 0 saturated carbocycles. The van der Waals surface area contributed by atoms with E-state index in [-0.39, 0.29) is 24.0 Å². The van der Waals surface area contributed by atoms with E-state index in [9.17, 15) is 18.0 Å². The van der Waals surface area contributed by atoms with E-state index in [1.54, 1.807) is 49.9 Å². The van der Waals surface area contributed by atoms with E-state index in [1.165, 1.54) is 0 Å². The summed E-state index contributed by atoms with van der Waals surface area (Å²) in [5, 5.41) is 2.81. The number of nitrogens with zero attached hydrogens (tertiary/aromatic N) is 1. The molecule has 9 heteroatoms. The predicted octanol–water partition coefficient (Wildman–Crippen LogP) is 2.76. The predicted molar refractivity (Wildman–Crippen MR) is 122 cm³/mol. The van der Waals surface area contributed by atoms with Crippen LogP contribution in [0.2, 0.25) is 0 Å². The number of anilines is 1. The van der Waals surface area contributed by atoms with Crippen LogP contribution >= 0.6 is 0 Å². The fourth-order valence-electron chi connectivity index (χ4n) is 3.28. The lowest BCUT2D eigenvalue weighted by molar-refractivity contribution is -0.116. The topological polar surface area (TPSA) is 105 Å². The van der Waals surface area contributed by atoms with Crippen molar-refractivity contribution in [2.75, 3.05) is 25.0 Å². The Morgan fingerprint density at radius 2 is 1.65 bits per heavy atom. The highest BCUT2D eigenvalue weighted by Gasteiger charge is 2.28. The molecule has 31 heavy (non-hydrogen) atoms. The highest BCUT2D eigenvalue weighted by Crippen LogP contribution is 2.17. The number of ether oxygens (including phenoxy) is 1. The molecule has 1 fully saturated rings. The van der Waals surface area contributed by atoms with E-state index in [2.05, 4.69) is 10.0 Å². The summed E-state index contributed by atoms with van der Waals surface area (Å²) in [6.45, 7) is 10.3. The molecule has 2 N–H and O–H groups in total. The molecule has 1 aliphatic rings. The van der Waals surface area contributed by atoms with Gasteiger partial charge in [-0.3, -0.25) is 9.59 Å². The highest BCUT2D eigenvalue weighted by atomic mass is 32.2. The molecule has 2 rings (SSSR count). The second-order valence-electron chi connectivity index (χ2n) is 9.06. The van der Waals surface area contributed by atoms with Crippen molar-refractivity contribution >= 4 is 27.5 Å². The first-order valence-electron chi connectivity index (χ1n) is 10.7. The third-order valence-electron chi connectivity index (χ3n) is 5.05. The average Bonchev–Trinajstić information content (AvgIpc) is 2.66. The number of amides is 2. The lowest BCUT2D eigenvalue weighted by Crippen LogP contribution is -2.48. The molecule has 1 aromatic rings. The summed E-state index contributed by atoms with van der Waals surface area (Å²) >= 11 is 0. The van der Waals surface area contributed by atoms with Crippen LogP contribution in [0.1, 0.15) is 64.2 Å². The van der Waals surface area contributed by atoms with Crippen molar-refractivity contribution < 1.29 is 22.7 Å². The molecule has 8 nitrogen and oxygen atoms in total. The summed E-state index contributed by atoms with van der Waals surface area (Å²) in [6.07, 6.45) is 1.46. The standard InChI is InChI=1S/C22H35N3O5S/c1-16-14-25(15-17(2)30-16)21(27)18-9-11-19(12-10-18)24-20(26)8-6-7-13-23-31(28,29)22(3,4)5/h9-12,16-17,23H,6-8,13-15H2,1-5H3,(H,24,26)/t16-,17+. The number of rotatable bonds is 8. The van der Waals surface area contributed by atoms with Gasteiger partial charge in [0.2, 0.25) is 15.9 Å². The first-order valence-corrected chi connectivity index (χ1v) is 12.2. The van der Waals surface area contributed by atoms with Gasteiger partial charge in [-0.1, -0.05) is 0 Å². The van der Waals surface area contributed by atoms with Crippen LogP contribution in [0.25, 0.3) is 0 Å². The summed E-state index contributed by atoms with van der Waals surface area (Å²) in [5.41, 5.74) is 1.20. The molecular formula is C22H35N3O5S. The SMILES string of the molecule is C[C@@H]1CN(C(=O)c2ccc(NC(=O)CCCCNS(=O)(=O)C(C)(C)C)cc2)C[C@H](C)O1. The molecule has 0 unspecified atom stereocenters. The molecule has 1 heterocycles. The van der Waals surface area contributed by atoms with Gasteiger partial charge in [0.15, 0.2) is 0 Å². The zero-order valence-electron chi connectivity index (χ0n) is 19.1. The van der Waals surface area contributed by atoms with Crippen molar-refractivity contribution in [3.8, 4) is 0 Å². The zero-order chi connectivity index (χ0) is 23.2. The molecule has 2 atom stereocenters. The highest BCUT2D eigenvalue weighted by molar-refractivity contribution is 7.90. The second-order valence-corrected chi connectivity index (χ2v) is 11.6. The Bertz CT molecular complexity index is 852. The molecule has 1 aliphatic heterocycles. The molecule has 0 bridgehead atoms. The van der Waals surface area contributed by atoms with E-state index in [4.69, 9.17) is 4.74 Å². The van der Waals surface area contributed by atoms with E-state index >= 15 is 0 Å². The number of hydrogen-bond acceptors (Lipinski definition) is 5. The maximum Gasteiger partial charge on any atom is 0.254 e. The Balaban J connectivity index is 1.76. The van der Waals surface area contributed by atoms with Crippen LogP contribution < -0.4 is 10.0 Å². The maximum atomic E-state index is 12.7. The number of carbonyl (C=O) groups is 2. The molecule has 0 aromatic heterocycles. The summed E-state index contributed by atoms with van der Waals surface area (Å²) < 4.78 is 31.3. The van der Waals surface area contributed by atoms with Crippen LogP contribution in [-0.4, -0.2) is 61.7 Å². The van der Waals surface area contributed by atoms with Crippen molar-refractivity contribution in [3.05, 3.63) is 29.8 Å². The van der Waals surface area contributed by atoms with Crippen LogP contribution in [0.5, 0.6) is 0 Å². The van der Waals surface area contributed by atoms with Crippen LogP contribution in [0, 0.1) is 0 Å². The van der Waals surface area contributed by atoms with Crippen molar-refractivity contribution in [2.24, 2.45) is 0 Å². The summed E-state index contributed by atoms with van der Waals surface area (Å²) in [4.78, 5) is 26.6. The van der Waals surface area contributed by atoms with Gasteiger partial charge >= 0.3 is 0 Å². The lowest BCUT2D eigenvalue weighted by Gasteiger charge is -2.35. The van der Waals surface area contributed by atoms with Crippen molar-refractivity contribution in [1.82, 2.24) is 9.62 Å². The van der Waals surface area contributed by atoms with Gasteiger partial charge in [0.05, 0.1) is 17.0 Å². The molecule has 1 aromatic carbocycles. The molecule has 174 valence electrons. The summed E-state index contributed by atoms with van der Waals surface area (Å²) in [5.74, 6) is -0.189. The number of benzene rings is 1. The molecule has 0 radical (unpaired) electrons. The van der Waals surface area contributed by atoms with Gasteiger partial charge in [0.25, 0.3) is 5.91 Å². The van der Waals surface area contributed by atoms with Crippen LogP contribution in [0.15, 0.2) is 24.3 Å². The Hall–Kier alpha value is -1.97. The van der Waals surface area contributed by atoms with Gasteiger partial charge in [0.1, 0.15) is 0 Å². The first kappa shape index (κ1) is 25.3. The Morgan fingerprint density at radius 3 is 2.19 bits per heavy atom. The Labute approximate surface area is 185 Å². The minimum atomic E-state index is -3.36. The van der Waals surface area contributed by atoms with Gasteiger partial charge in [-0.2, -0.15) is 0 Å². The monoisotopic (exact) mass is 453 g/mol. The number of hydrogen-bond donors (Lipinski definition) is 2. The van der Waals surface area contributed by atoms with E-state index in [1.807, 2.05) is 13.8 Å². The number of carbonyl (C=O) groups excluding carboxylic acids is 2. The molecule has 1 saturated heterocycles. The van der Waals surface area contributed by atoms with Crippen LogP contribution in [0.4, 0.5) is 5.69 Å². The first-order chi connectivity index (χ1) is 14.4. The van der Waals surface area contributed by atoms with E-state index in [0.29, 0.717) is 50.1 Å². The third kappa shape index (κ3) is 7.59. The summed E-state index contributed by atoms with van der Waals surface area (Å²) in [7, 11) is -3.36. The van der Waals surface area contributed by atoms with Crippen molar-refractivity contribution in [1.29, 1.82) is 0 Å². The fourth-order valence-corrected chi connectivity index (χ4v) is 4.13. The van der Waals surface area contributed by atoms with Crippen LogP contribution in [0.3, 0.4) is 0 Å². The second kappa shape index (κ2) is 10.6. The minimum Gasteiger partial charge on any atom is -0.372 e. The van der Waals surface area contributed by atoms with Gasteiger partial charge in [-0.15, -0.1) is 0 Å². The number of nitrogens with one attached hydrogen (secondary N) is 2. The van der Waals surface area contributed by atoms with Gasteiger partial charge in [0, 0.05) is 37.3 Å². The normalized spacial score (nSPS) is 19.8. The van der Waals surface area contributed by atoms with E-state index in [0.717, 1.165) is 0 Å². The van der Waals surface area contributed by atoms with Gasteiger partial charge in [-0.05, 0) is 71.7 Å². The molecule has 0 spiro atoms. The lowest BCUT2D eigenvalue weighted by atomic mass is 10.1. The maximum absolute atomic E-state index is 12.7. The van der Waals surface area contributed by atoms with E-state index < -0.39 is 14.8 Å². The Kier molecular flexibility index (Phi) is 8.62. The number of unbranched alkanes of at least 4 members (excludes halogenated alkanes) is 1. The molecule has 0 aliphatic carbocycles.